The molecule has 15 atom stereocenters. The molecule has 0 radical (unpaired) electrons. The topological polar surface area (TPSA) is 257 Å². The third-order valence-corrected chi connectivity index (χ3v) is 15.4. The van der Waals surface area contributed by atoms with Crippen LogP contribution in [0.5, 0.6) is 0 Å². The minimum Gasteiger partial charge on any atom is -0.394 e. The summed E-state index contributed by atoms with van der Waals surface area (Å²) in [5.74, 6) is -0.736. The fourth-order valence-corrected chi connectivity index (χ4v) is 10.6. The van der Waals surface area contributed by atoms with Crippen LogP contribution >= 0.6 is 0 Å². The summed E-state index contributed by atoms with van der Waals surface area (Å²) in [4.78, 5) is 13.5. The molecule has 16 heteroatoms. The number of rotatable bonds is 43. The maximum atomic E-state index is 13.5. The van der Waals surface area contributed by atoms with E-state index in [1.807, 2.05) is 0 Å². The lowest BCUT2D eigenvalue weighted by atomic mass is 9.95. The molecule has 3 aliphatic rings. The number of hydrogen-bond donors (Lipinski definition) is 10. The summed E-state index contributed by atoms with van der Waals surface area (Å²) in [6, 6.07) is -1.12. The highest BCUT2D eigenvalue weighted by molar-refractivity contribution is 5.81. The van der Waals surface area contributed by atoms with Gasteiger partial charge in [-0.25, -0.2) is 0 Å². The SMILES string of the molecule is CCCCCCCCCCCCCCCCCCCCCCCC1O[C@H](CCCCCCCCCCCCCC)[C@@H](O)[C@H](COC2OC(CO)C(O)C(OC3OC([C@H](O)CO)C(O)C3O)C2O)NC(=O)[C@@H]1O. The van der Waals surface area contributed by atoms with Gasteiger partial charge in [0.05, 0.1) is 38.1 Å². The highest BCUT2D eigenvalue weighted by Gasteiger charge is 2.52. The number of hydrogen-bond acceptors (Lipinski definition) is 15. The molecule has 3 rings (SSSR count). The largest absolute Gasteiger partial charge is 0.394 e. The van der Waals surface area contributed by atoms with Gasteiger partial charge in [-0.05, 0) is 12.8 Å². The first-order valence-corrected chi connectivity index (χ1v) is 29.5. The molecule has 0 aromatic carbocycles. The molecule has 3 fully saturated rings. The monoisotopic (exact) mass is 1030 g/mol. The van der Waals surface area contributed by atoms with Crippen molar-refractivity contribution in [2.45, 2.75) is 330 Å². The lowest BCUT2D eigenvalue weighted by Gasteiger charge is -2.43. The van der Waals surface area contributed by atoms with Gasteiger partial charge in [0.2, 0.25) is 0 Å². The van der Waals surface area contributed by atoms with E-state index in [0.717, 1.165) is 51.4 Å². The van der Waals surface area contributed by atoms with E-state index in [-0.39, 0.29) is 0 Å². The van der Waals surface area contributed by atoms with Crippen LogP contribution in [-0.4, -0.2) is 164 Å². The summed E-state index contributed by atoms with van der Waals surface area (Å²) in [7, 11) is 0. The number of nitrogens with one attached hydrogen (secondary N) is 1. The second-order valence-corrected chi connectivity index (χ2v) is 21.6. The summed E-state index contributed by atoms with van der Waals surface area (Å²) < 4.78 is 29.2. The molecule has 0 spiro atoms. The molecule has 0 bridgehead atoms. The van der Waals surface area contributed by atoms with E-state index in [2.05, 4.69) is 19.2 Å². The zero-order valence-corrected chi connectivity index (χ0v) is 45.0. The van der Waals surface area contributed by atoms with E-state index in [1.54, 1.807) is 0 Å². The zero-order valence-electron chi connectivity index (χ0n) is 45.0. The van der Waals surface area contributed by atoms with Crippen LogP contribution in [0.2, 0.25) is 0 Å². The van der Waals surface area contributed by atoms with Crippen LogP contribution < -0.4 is 5.32 Å². The number of aliphatic hydroxyl groups is 9. The van der Waals surface area contributed by atoms with Gasteiger partial charge in [-0.1, -0.05) is 226 Å². The van der Waals surface area contributed by atoms with Crippen molar-refractivity contribution in [1.29, 1.82) is 0 Å². The first-order valence-electron chi connectivity index (χ1n) is 29.5. The van der Waals surface area contributed by atoms with Gasteiger partial charge in [0.15, 0.2) is 18.7 Å². The molecule has 16 nitrogen and oxygen atoms in total. The molecule has 72 heavy (non-hydrogen) atoms. The minimum atomic E-state index is -1.78. The van der Waals surface area contributed by atoms with Crippen molar-refractivity contribution < 1.29 is 74.4 Å². The third kappa shape index (κ3) is 24.9. The van der Waals surface area contributed by atoms with Gasteiger partial charge in [0, 0.05) is 0 Å². The number of unbranched alkanes of at least 4 members (excludes halogenated alkanes) is 31. The number of carbonyl (C=O) groups is 1. The van der Waals surface area contributed by atoms with E-state index in [4.69, 9.17) is 23.7 Å². The van der Waals surface area contributed by atoms with Crippen LogP contribution in [-0.2, 0) is 28.5 Å². The summed E-state index contributed by atoms with van der Waals surface area (Å²) >= 11 is 0. The van der Waals surface area contributed by atoms with Crippen molar-refractivity contribution >= 4 is 5.91 Å². The average Bonchev–Trinajstić information content (AvgIpc) is 3.66. The first kappa shape index (κ1) is 65.2. The van der Waals surface area contributed by atoms with E-state index in [1.165, 1.54) is 161 Å². The molecule has 3 aliphatic heterocycles. The molecule has 10 unspecified atom stereocenters. The quantitative estimate of drug-likeness (QED) is 0.0269. The van der Waals surface area contributed by atoms with Crippen molar-refractivity contribution in [2.24, 2.45) is 0 Å². The normalized spacial score (nSPS) is 30.6. The van der Waals surface area contributed by atoms with Gasteiger partial charge in [-0.3, -0.25) is 4.79 Å². The third-order valence-electron chi connectivity index (χ3n) is 15.4. The van der Waals surface area contributed by atoms with Crippen molar-refractivity contribution in [2.75, 3.05) is 19.8 Å². The number of aliphatic hydroxyl groups excluding tert-OH is 9. The van der Waals surface area contributed by atoms with Gasteiger partial charge in [0.1, 0.15) is 54.9 Å². The fraction of sp³-hybridized carbons (Fsp3) is 0.982. The molecule has 3 heterocycles. The van der Waals surface area contributed by atoms with Crippen molar-refractivity contribution in [1.82, 2.24) is 5.32 Å². The summed E-state index contributed by atoms with van der Waals surface area (Å²) in [6.07, 6.45) is 21.5. The Hall–Kier alpha value is -1.09. The summed E-state index contributed by atoms with van der Waals surface area (Å²) in [6.45, 7) is 2.56. The molecule has 1 amide bonds. The van der Waals surface area contributed by atoms with Crippen LogP contribution in [0.1, 0.15) is 239 Å². The Morgan fingerprint density at radius 2 is 0.889 bits per heavy atom. The maximum Gasteiger partial charge on any atom is 0.251 e. The molecule has 0 aromatic rings. The van der Waals surface area contributed by atoms with Gasteiger partial charge >= 0.3 is 0 Å². The Labute approximate surface area is 434 Å². The van der Waals surface area contributed by atoms with E-state index < -0.39 is 118 Å². The Morgan fingerprint density at radius 3 is 1.31 bits per heavy atom. The van der Waals surface area contributed by atoms with Crippen LogP contribution in [0.25, 0.3) is 0 Å². The maximum absolute atomic E-state index is 13.5. The van der Waals surface area contributed by atoms with E-state index in [0.29, 0.717) is 12.8 Å². The number of amides is 1. The molecular formula is C56H107NO15. The smallest absolute Gasteiger partial charge is 0.251 e. The Kier molecular flexibility index (Phi) is 36.4. The number of carbonyl (C=O) groups excluding carboxylic acids is 1. The average molecular weight is 1030 g/mol. The highest BCUT2D eigenvalue weighted by atomic mass is 16.7. The Bertz CT molecular complexity index is 1300. The van der Waals surface area contributed by atoms with Gasteiger partial charge in [-0.2, -0.15) is 0 Å². The zero-order chi connectivity index (χ0) is 52.4. The van der Waals surface area contributed by atoms with Crippen LogP contribution in [0.4, 0.5) is 0 Å². The Morgan fingerprint density at radius 1 is 0.472 bits per heavy atom. The predicted octanol–water partition coefficient (Wildman–Crippen LogP) is 7.29. The van der Waals surface area contributed by atoms with Crippen LogP contribution in [0, 0.1) is 0 Å². The van der Waals surface area contributed by atoms with E-state index >= 15 is 0 Å². The molecule has 426 valence electrons. The van der Waals surface area contributed by atoms with Gasteiger partial charge in [-0.15, -0.1) is 0 Å². The van der Waals surface area contributed by atoms with Crippen LogP contribution in [0.3, 0.4) is 0 Å². The van der Waals surface area contributed by atoms with E-state index in [9.17, 15) is 50.8 Å². The second-order valence-electron chi connectivity index (χ2n) is 21.6. The lowest BCUT2D eigenvalue weighted by molar-refractivity contribution is -0.332. The first-order chi connectivity index (χ1) is 35.0. The summed E-state index contributed by atoms with van der Waals surface area (Å²) in [5.41, 5.74) is 0. The lowest BCUT2D eigenvalue weighted by Crippen LogP contribution is -2.63. The molecule has 0 saturated carbocycles. The van der Waals surface area contributed by atoms with Crippen molar-refractivity contribution in [3.8, 4) is 0 Å². The van der Waals surface area contributed by atoms with Crippen LogP contribution in [0.15, 0.2) is 0 Å². The number of ether oxygens (including phenoxy) is 5. The molecule has 10 N–H and O–H groups in total. The van der Waals surface area contributed by atoms with Crippen molar-refractivity contribution in [3.63, 3.8) is 0 Å². The molecular weight excluding hydrogens is 927 g/mol. The molecule has 3 saturated heterocycles. The standard InChI is InChI=1S/C56H107NO15/c1-3-5-7-9-11-13-15-17-18-19-20-21-22-23-24-25-27-29-31-33-35-37-44-48(63)54(67)57-41(46(61)43(69-44)36-34-32-30-28-26-16-14-12-10-8-6-4-2)40-68-55-51(66)53(47(62)45(39-59)70-55)72-56-50(65)49(64)52(71-56)42(60)38-58/h41-53,55-56,58-66H,3-40H2,1-2H3,(H,57,67)/t41-,42+,43+,44?,45?,46-,47?,48+,49?,50?,51?,52?,53?,55?,56?/m0/s1. The molecule has 0 aromatic heterocycles. The van der Waals surface area contributed by atoms with Crippen molar-refractivity contribution in [3.05, 3.63) is 0 Å². The Balaban J connectivity index is 1.47. The minimum absolute atomic E-state index is 0.434. The second kappa shape index (κ2) is 40.2. The molecule has 0 aliphatic carbocycles. The fourth-order valence-electron chi connectivity index (χ4n) is 10.6. The van der Waals surface area contributed by atoms with Gasteiger partial charge in [0.25, 0.3) is 5.91 Å². The summed E-state index contributed by atoms with van der Waals surface area (Å²) in [5, 5.41) is 98.7. The highest BCUT2D eigenvalue weighted by Crippen LogP contribution is 2.32. The predicted molar refractivity (Wildman–Crippen MR) is 278 cm³/mol. The van der Waals surface area contributed by atoms with Gasteiger partial charge < -0.3 is 75.0 Å².